The number of hydrogen-bond donors (Lipinski definition) is 1. The van der Waals surface area contributed by atoms with Gasteiger partial charge >= 0.3 is 0 Å². The van der Waals surface area contributed by atoms with Crippen LogP contribution >= 0.6 is 0 Å². The summed E-state index contributed by atoms with van der Waals surface area (Å²) in [4.78, 5) is 5.31. The van der Waals surface area contributed by atoms with Crippen molar-refractivity contribution in [1.29, 1.82) is 0 Å². The second-order valence-corrected chi connectivity index (χ2v) is 7.46. The van der Waals surface area contributed by atoms with Crippen molar-refractivity contribution in [2.75, 3.05) is 19.6 Å². The summed E-state index contributed by atoms with van der Waals surface area (Å²) in [6.45, 7) is 5.76. The van der Waals surface area contributed by atoms with Crippen LogP contribution in [-0.4, -0.2) is 52.2 Å². The lowest BCUT2D eigenvalue weighted by Gasteiger charge is -2.57. The van der Waals surface area contributed by atoms with Crippen molar-refractivity contribution >= 4 is 0 Å². The Morgan fingerprint density at radius 2 is 2.00 bits per heavy atom. The van der Waals surface area contributed by atoms with Crippen LogP contribution in [0.1, 0.15) is 39.0 Å². The molecule has 5 unspecified atom stereocenters. The van der Waals surface area contributed by atoms with Crippen molar-refractivity contribution in [3.05, 3.63) is 12.3 Å². The smallest absolute Gasteiger partial charge is 0.0836 e. The third kappa shape index (κ3) is 2.02. The number of rotatable bonds is 0. The molecule has 0 aromatic carbocycles. The standard InChI is InChI=1S/C16H26N2O/c1-16(19)5-7-18-10-12-8-13(15(18)9-16)11-17-6-3-2-4-14(12)17/h5,7,12-15,19H,2-4,6,8-11H2,1H3. The van der Waals surface area contributed by atoms with E-state index in [-0.39, 0.29) is 0 Å². The van der Waals surface area contributed by atoms with E-state index in [1.807, 2.05) is 13.0 Å². The summed E-state index contributed by atoms with van der Waals surface area (Å²) in [5, 5.41) is 10.3. The monoisotopic (exact) mass is 262 g/mol. The summed E-state index contributed by atoms with van der Waals surface area (Å²) in [7, 11) is 0. The Morgan fingerprint density at radius 3 is 2.89 bits per heavy atom. The molecule has 0 radical (unpaired) electrons. The Kier molecular flexibility index (Phi) is 2.72. The molecule has 4 rings (SSSR count). The van der Waals surface area contributed by atoms with E-state index in [2.05, 4.69) is 16.0 Å². The van der Waals surface area contributed by atoms with E-state index in [1.165, 1.54) is 45.3 Å². The highest BCUT2D eigenvalue weighted by molar-refractivity contribution is 5.12. The maximum Gasteiger partial charge on any atom is 0.0836 e. The van der Waals surface area contributed by atoms with Crippen LogP contribution in [-0.2, 0) is 0 Å². The molecule has 0 aromatic rings. The van der Waals surface area contributed by atoms with Crippen molar-refractivity contribution in [3.8, 4) is 0 Å². The first-order valence-corrected chi connectivity index (χ1v) is 8.04. The van der Waals surface area contributed by atoms with Gasteiger partial charge in [0.05, 0.1) is 5.60 Å². The number of aliphatic hydroxyl groups is 1. The number of hydrogen-bond acceptors (Lipinski definition) is 3. The van der Waals surface area contributed by atoms with E-state index in [4.69, 9.17) is 0 Å². The minimum atomic E-state index is -0.591. The number of nitrogens with zero attached hydrogens (tertiary/aromatic N) is 2. The number of fused-ring (bicyclic) bond motifs is 6. The van der Waals surface area contributed by atoms with Crippen LogP contribution in [0, 0.1) is 11.8 Å². The summed E-state index contributed by atoms with van der Waals surface area (Å²) >= 11 is 0. The zero-order chi connectivity index (χ0) is 13.0. The van der Waals surface area contributed by atoms with E-state index >= 15 is 0 Å². The topological polar surface area (TPSA) is 26.7 Å². The molecule has 3 nitrogen and oxygen atoms in total. The molecule has 3 fully saturated rings. The lowest BCUT2D eigenvalue weighted by Crippen LogP contribution is -2.63. The Hall–Kier alpha value is -0.540. The summed E-state index contributed by atoms with van der Waals surface area (Å²) in [6.07, 6.45) is 10.7. The van der Waals surface area contributed by atoms with Crippen LogP contribution < -0.4 is 0 Å². The van der Waals surface area contributed by atoms with Crippen molar-refractivity contribution in [2.24, 2.45) is 11.8 Å². The fourth-order valence-corrected chi connectivity index (χ4v) is 5.05. The first-order chi connectivity index (χ1) is 9.12. The molecular formula is C16H26N2O. The Bertz CT molecular complexity index is 392. The van der Waals surface area contributed by atoms with Gasteiger partial charge in [0.1, 0.15) is 0 Å². The zero-order valence-electron chi connectivity index (χ0n) is 12.0. The van der Waals surface area contributed by atoms with Gasteiger partial charge in [0.2, 0.25) is 0 Å². The molecule has 3 heteroatoms. The van der Waals surface area contributed by atoms with Gasteiger partial charge in [-0.3, -0.25) is 4.90 Å². The third-order valence-electron chi connectivity index (χ3n) is 5.95. The van der Waals surface area contributed by atoms with Gasteiger partial charge in [0, 0.05) is 31.6 Å². The fraction of sp³-hybridized carbons (Fsp3) is 0.875. The van der Waals surface area contributed by atoms with Gasteiger partial charge in [-0.15, -0.1) is 0 Å². The van der Waals surface area contributed by atoms with Gasteiger partial charge in [-0.1, -0.05) is 6.42 Å². The first kappa shape index (κ1) is 12.2. The Labute approximate surface area is 116 Å². The SMILES string of the molecule is CC1(O)C=CN2CC3CC(CN4CCCCC34)C2C1. The van der Waals surface area contributed by atoms with Crippen LogP contribution in [0.4, 0.5) is 0 Å². The van der Waals surface area contributed by atoms with Gasteiger partial charge < -0.3 is 10.0 Å². The molecule has 0 spiro atoms. The predicted octanol–water partition coefficient (Wildman–Crippen LogP) is 1.83. The quantitative estimate of drug-likeness (QED) is 0.721. The third-order valence-corrected chi connectivity index (χ3v) is 5.95. The second-order valence-electron chi connectivity index (χ2n) is 7.46. The molecule has 19 heavy (non-hydrogen) atoms. The molecule has 3 saturated heterocycles. The van der Waals surface area contributed by atoms with Crippen molar-refractivity contribution in [2.45, 2.75) is 56.7 Å². The molecule has 0 saturated carbocycles. The lowest BCUT2D eigenvalue weighted by molar-refractivity contribution is -0.0699. The van der Waals surface area contributed by atoms with Crippen LogP contribution in [0.3, 0.4) is 0 Å². The molecule has 0 aromatic heterocycles. The molecule has 5 atom stereocenters. The molecule has 4 heterocycles. The normalized spacial score (nSPS) is 49.7. The van der Waals surface area contributed by atoms with E-state index < -0.39 is 5.60 Å². The van der Waals surface area contributed by atoms with Crippen molar-refractivity contribution in [3.63, 3.8) is 0 Å². The van der Waals surface area contributed by atoms with Gasteiger partial charge in [0.25, 0.3) is 0 Å². The Balaban J connectivity index is 1.59. The highest BCUT2D eigenvalue weighted by Crippen LogP contribution is 2.43. The van der Waals surface area contributed by atoms with Crippen molar-refractivity contribution < 1.29 is 5.11 Å². The summed E-state index contributed by atoms with van der Waals surface area (Å²) in [5.74, 6) is 1.63. The van der Waals surface area contributed by atoms with Crippen LogP contribution in [0.15, 0.2) is 12.3 Å². The van der Waals surface area contributed by atoms with E-state index in [0.717, 1.165) is 24.3 Å². The fourth-order valence-electron chi connectivity index (χ4n) is 5.05. The van der Waals surface area contributed by atoms with Gasteiger partial charge in [-0.2, -0.15) is 0 Å². The first-order valence-electron chi connectivity index (χ1n) is 8.04. The molecule has 106 valence electrons. The van der Waals surface area contributed by atoms with Crippen LogP contribution in [0.2, 0.25) is 0 Å². The predicted molar refractivity (Wildman–Crippen MR) is 75.7 cm³/mol. The molecule has 4 aliphatic rings. The van der Waals surface area contributed by atoms with Crippen molar-refractivity contribution in [1.82, 2.24) is 9.80 Å². The molecule has 1 N–H and O–H groups in total. The van der Waals surface area contributed by atoms with Crippen LogP contribution in [0.25, 0.3) is 0 Å². The minimum absolute atomic E-state index is 0.569. The highest BCUT2D eigenvalue weighted by Gasteiger charge is 2.47. The molecular weight excluding hydrogens is 236 g/mol. The zero-order valence-corrected chi connectivity index (χ0v) is 12.0. The van der Waals surface area contributed by atoms with Crippen LogP contribution in [0.5, 0.6) is 0 Å². The van der Waals surface area contributed by atoms with Gasteiger partial charge in [-0.25, -0.2) is 0 Å². The summed E-state index contributed by atoms with van der Waals surface area (Å²) < 4.78 is 0. The minimum Gasteiger partial charge on any atom is -0.386 e. The highest BCUT2D eigenvalue weighted by atomic mass is 16.3. The largest absolute Gasteiger partial charge is 0.386 e. The maximum absolute atomic E-state index is 10.3. The molecule has 4 aliphatic heterocycles. The molecule has 0 aliphatic carbocycles. The summed E-state index contributed by atoms with van der Waals surface area (Å²) in [5.41, 5.74) is -0.591. The van der Waals surface area contributed by atoms with E-state index in [1.54, 1.807) is 0 Å². The average molecular weight is 262 g/mol. The molecule has 2 bridgehead atoms. The van der Waals surface area contributed by atoms with E-state index in [9.17, 15) is 5.11 Å². The van der Waals surface area contributed by atoms with Gasteiger partial charge in [0.15, 0.2) is 0 Å². The second kappa shape index (κ2) is 4.23. The maximum atomic E-state index is 10.3. The Morgan fingerprint density at radius 1 is 1.16 bits per heavy atom. The van der Waals surface area contributed by atoms with Gasteiger partial charge in [-0.05, 0) is 56.8 Å². The summed E-state index contributed by atoms with van der Waals surface area (Å²) in [6, 6.07) is 1.42. The molecule has 0 amide bonds. The lowest BCUT2D eigenvalue weighted by atomic mass is 9.70. The van der Waals surface area contributed by atoms with E-state index in [0.29, 0.717) is 6.04 Å². The average Bonchev–Trinajstić information content (AvgIpc) is 2.40. The number of piperidine rings is 3.